The van der Waals surface area contributed by atoms with Gasteiger partial charge in [0, 0.05) is 29.8 Å². The van der Waals surface area contributed by atoms with Gasteiger partial charge in [0.15, 0.2) is 0 Å². The molecule has 1 saturated heterocycles. The van der Waals surface area contributed by atoms with Crippen LogP contribution in [0.25, 0.3) is 0 Å². The lowest BCUT2D eigenvalue weighted by Crippen LogP contribution is -2.37. The number of nitrogens with one attached hydrogen (secondary N) is 1. The zero-order chi connectivity index (χ0) is 12.3. The summed E-state index contributed by atoms with van der Waals surface area (Å²) in [6.07, 6.45) is 2.16. The molecule has 2 nitrogen and oxygen atoms in total. The molecule has 94 valence electrons. The summed E-state index contributed by atoms with van der Waals surface area (Å²) in [6, 6.07) is 5.21. The number of hydrogen-bond acceptors (Lipinski definition) is 2. The molecule has 0 radical (unpaired) electrons. The SMILES string of the molecule is CCC1CN(c2cc(F)cc(Cl)c2)CCCN1. The van der Waals surface area contributed by atoms with E-state index in [9.17, 15) is 4.39 Å². The van der Waals surface area contributed by atoms with Crippen molar-refractivity contribution in [2.75, 3.05) is 24.5 Å². The Morgan fingerprint density at radius 2 is 2.29 bits per heavy atom. The Hall–Kier alpha value is -0.800. The van der Waals surface area contributed by atoms with Crippen molar-refractivity contribution in [2.45, 2.75) is 25.8 Å². The molecular formula is C13H18ClFN2. The van der Waals surface area contributed by atoms with Gasteiger partial charge in [-0.15, -0.1) is 0 Å². The van der Waals surface area contributed by atoms with Gasteiger partial charge in [-0.05, 0) is 37.6 Å². The van der Waals surface area contributed by atoms with Gasteiger partial charge < -0.3 is 10.2 Å². The van der Waals surface area contributed by atoms with Gasteiger partial charge in [-0.2, -0.15) is 0 Å². The largest absolute Gasteiger partial charge is 0.370 e. The Bertz CT molecular complexity index is 363. The van der Waals surface area contributed by atoms with Crippen molar-refractivity contribution >= 4 is 17.3 Å². The maximum Gasteiger partial charge on any atom is 0.126 e. The molecule has 1 unspecified atom stereocenters. The molecule has 0 spiro atoms. The molecule has 1 aliphatic heterocycles. The van der Waals surface area contributed by atoms with E-state index in [0.29, 0.717) is 11.1 Å². The first kappa shape index (κ1) is 12.7. The molecule has 0 bridgehead atoms. The molecule has 0 saturated carbocycles. The number of hydrogen-bond donors (Lipinski definition) is 1. The number of halogens is 2. The number of benzene rings is 1. The van der Waals surface area contributed by atoms with E-state index in [1.54, 1.807) is 6.07 Å². The number of anilines is 1. The zero-order valence-corrected chi connectivity index (χ0v) is 10.8. The van der Waals surface area contributed by atoms with Crippen LogP contribution in [0.2, 0.25) is 5.02 Å². The van der Waals surface area contributed by atoms with Gasteiger partial charge >= 0.3 is 0 Å². The Balaban J connectivity index is 2.18. The fourth-order valence-corrected chi connectivity index (χ4v) is 2.44. The molecule has 0 aliphatic carbocycles. The molecule has 1 heterocycles. The number of nitrogens with zero attached hydrogens (tertiary/aromatic N) is 1. The zero-order valence-electron chi connectivity index (χ0n) is 10.0. The van der Waals surface area contributed by atoms with Crippen LogP contribution in [0.5, 0.6) is 0 Å². The molecule has 1 atom stereocenters. The Morgan fingerprint density at radius 3 is 3.00 bits per heavy atom. The van der Waals surface area contributed by atoms with Gasteiger partial charge in [-0.3, -0.25) is 0 Å². The average molecular weight is 257 g/mol. The Kier molecular flexibility index (Phi) is 4.24. The van der Waals surface area contributed by atoms with Crippen molar-refractivity contribution < 1.29 is 4.39 Å². The van der Waals surface area contributed by atoms with E-state index < -0.39 is 0 Å². The first-order chi connectivity index (χ1) is 8.19. The van der Waals surface area contributed by atoms with Gasteiger partial charge in [-0.1, -0.05) is 18.5 Å². The van der Waals surface area contributed by atoms with Crippen LogP contribution in [0.15, 0.2) is 18.2 Å². The summed E-state index contributed by atoms with van der Waals surface area (Å²) in [5, 5.41) is 3.96. The van der Waals surface area contributed by atoms with Crippen molar-refractivity contribution in [1.82, 2.24) is 5.32 Å². The van der Waals surface area contributed by atoms with E-state index in [0.717, 1.165) is 38.2 Å². The van der Waals surface area contributed by atoms with Crippen LogP contribution in [-0.2, 0) is 0 Å². The van der Waals surface area contributed by atoms with E-state index in [1.165, 1.54) is 6.07 Å². The van der Waals surface area contributed by atoms with Gasteiger partial charge in [0.25, 0.3) is 0 Å². The molecule has 17 heavy (non-hydrogen) atoms. The summed E-state index contributed by atoms with van der Waals surface area (Å²) in [5.74, 6) is -0.266. The third-order valence-electron chi connectivity index (χ3n) is 3.18. The highest BCUT2D eigenvalue weighted by atomic mass is 35.5. The molecule has 4 heteroatoms. The minimum atomic E-state index is -0.266. The van der Waals surface area contributed by atoms with Crippen molar-refractivity contribution in [3.8, 4) is 0 Å². The highest BCUT2D eigenvalue weighted by molar-refractivity contribution is 6.30. The maximum atomic E-state index is 13.3. The second-order valence-corrected chi connectivity index (χ2v) is 4.92. The third-order valence-corrected chi connectivity index (χ3v) is 3.40. The van der Waals surface area contributed by atoms with Crippen LogP contribution < -0.4 is 10.2 Å². The molecule has 1 aliphatic rings. The molecule has 0 aromatic heterocycles. The molecule has 1 N–H and O–H groups in total. The standard InChI is InChI=1S/C13H18ClFN2/c1-2-12-9-17(5-3-4-16-12)13-7-10(14)6-11(15)8-13/h6-8,12,16H,2-5,9H2,1H3. The molecular weight excluding hydrogens is 239 g/mol. The molecule has 0 amide bonds. The quantitative estimate of drug-likeness (QED) is 0.875. The van der Waals surface area contributed by atoms with Crippen molar-refractivity contribution in [3.63, 3.8) is 0 Å². The van der Waals surface area contributed by atoms with Gasteiger partial charge in [-0.25, -0.2) is 4.39 Å². The fraction of sp³-hybridized carbons (Fsp3) is 0.538. The van der Waals surface area contributed by atoms with Crippen molar-refractivity contribution in [3.05, 3.63) is 29.0 Å². The van der Waals surface area contributed by atoms with Crippen LogP contribution in [0, 0.1) is 5.82 Å². The smallest absolute Gasteiger partial charge is 0.126 e. The lowest BCUT2D eigenvalue weighted by molar-refractivity contribution is 0.528. The lowest BCUT2D eigenvalue weighted by atomic mass is 10.2. The summed E-state index contributed by atoms with van der Waals surface area (Å²) < 4.78 is 13.3. The normalized spacial score (nSPS) is 21.4. The van der Waals surface area contributed by atoms with Crippen LogP contribution in [0.4, 0.5) is 10.1 Å². The van der Waals surface area contributed by atoms with Gasteiger partial charge in [0.2, 0.25) is 0 Å². The Morgan fingerprint density at radius 1 is 1.47 bits per heavy atom. The second kappa shape index (κ2) is 5.69. The van der Waals surface area contributed by atoms with Crippen LogP contribution in [0.1, 0.15) is 19.8 Å². The molecule has 2 rings (SSSR count). The van der Waals surface area contributed by atoms with E-state index in [2.05, 4.69) is 17.1 Å². The van der Waals surface area contributed by atoms with E-state index in [4.69, 9.17) is 11.6 Å². The topological polar surface area (TPSA) is 15.3 Å². The fourth-order valence-electron chi connectivity index (χ4n) is 2.23. The van der Waals surface area contributed by atoms with Gasteiger partial charge in [0.05, 0.1) is 0 Å². The maximum absolute atomic E-state index is 13.3. The first-order valence-electron chi connectivity index (χ1n) is 6.13. The summed E-state index contributed by atoms with van der Waals surface area (Å²) >= 11 is 5.90. The van der Waals surface area contributed by atoms with Crippen molar-refractivity contribution in [1.29, 1.82) is 0 Å². The predicted octanol–water partition coefficient (Wildman–Crippen LogP) is 3.06. The average Bonchev–Trinajstić information content (AvgIpc) is 2.52. The van der Waals surface area contributed by atoms with Gasteiger partial charge in [0.1, 0.15) is 5.82 Å². The van der Waals surface area contributed by atoms with E-state index >= 15 is 0 Å². The highest BCUT2D eigenvalue weighted by Gasteiger charge is 2.17. The summed E-state index contributed by atoms with van der Waals surface area (Å²) in [6.45, 7) is 5.05. The Labute approximate surface area is 107 Å². The molecule has 1 fully saturated rings. The predicted molar refractivity (Wildman–Crippen MR) is 70.3 cm³/mol. The molecule has 1 aromatic carbocycles. The number of rotatable bonds is 2. The van der Waals surface area contributed by atoms with Crippen LogP contribution >= 0.6 is 11.6 Å². The summed E-state index contributed by atoms with van der Waals surface area (Å²) in [4.78, 5) is 2.21. The highest BCUT2D eigenvalue weighted by Crippen LogP contribution is 2.23. The van der Waals surface area contributed by atoms with Crippen LogP contribution in [0.3, 0.4) is 0 Å². The van der Waals surface area contributed by atoms with Crippen molar-refractivity contribution in [2.24, 2.45) is 0 Å². The minimum absolute atomic E-state index is 0.266. The van der Waals surface area contributed by atoms with E-state index in [1.807, 2.05) is 6.07 Å². The minimum Gasteiger partial charge on any atom is -0.370 e. The molecule has 1 aromatic rings. The van der Waals surface area contributed by atoms with Crippen LogP contribution in [-0.4, -0.2) is 25.7 Å². The monoisotopic (exact) mass is 256 g/mol. The van der Waals surface area contributed by atoms with E-state index in [-0.39, 0.29) is 5.82 Å². The lowest BCUT2D eigenvalue weighted by Gasteiger charge is -2.26. The summed E-state index contributed by atoms with van der Waals surface area (Å²) in [7, 11) is 0. The third kappa shape index (κ3) is 3.33. The second-order valence-electron chi connectivity index (χ2n) is 4.49. The first-order valence-corrected chi connectivity index (χ1v) is 6.51. The summed E-state index contributed by atoms with van der Waals surface area (Å²) in [5.41, 5.74) is 0.886.